The summed E-state index contributed by atoms with van der Waals surface area (Å²) in [7, 11) is 0. The summed E-state index contributed by atoms with van der Waals surface area (Å²) < 4.78 is 0. The van der Waals surface area contributed by atoms with Gasteiger partial charge in [0.05, 0.1) is 23.5 Å². The Morgan fingerprint density at radius 1 is 1.19 bits per heavy atom. The highest BCUT2D eigenvalue weighted by Gasteiger charge is 2.51. The van der Waals surface area contributed by atoms with Crippen LogP contribution in [0.1, 0.15) is 35.9 Å². The Morgan fingerprint density at radius 2 is 1.97 bits per heavy atom. The standard InChI is InChI=1S/C22H24ClN7O/c1-13-3-5-18(30-26-7-8-27-30)21(28-13)22(31)29-17-9-15(10-17)14(2)19(29)12-25-20-6-4-16(23)11-24-20/h3-8,11,14-15,17,19H,9-10,12H2,1-2H3,(H,24,25)/t14-,15?,17?,19-/m1/s1. The van der Waals surface area contributed by atoms with Gasteiger partial charge >= 0.3 is 0 Å². The summed E-state index contributed by atoms with van der Waals surface area (Å²) in [4.78, 5) is 26.3. The zero-order valence-corrected chi connectivity index (χ0v) is 18.2. The molecule has 2 atom stereocenters. The van der Waals surface area contributed by atoms with E-state index in [1.54, 1.807) is 18.6 Å². The second kappa shape index (κ2) is 7.92. The summed E-state index contributed by atoms with van der Waals surface area (Å²) in [6, 6.07) is 7.67. The number of carbonyl (C=O) groups excluding carboxylic acids is 1. The van der Waals surface area contributed by atoms with Crippen LogP contribution in [0, 0.1) is 18.8 Å². The highest BCUT2D eigenvalue weighted by Crippen LogP contribution is 2.47. The van der Waals surface area contributed by atoms with Crippen LogP contribution < -0.4 is 5.32 Å². The monoisotopic (exact) mass is 437 g/mol. The predicted octanol–water partition coefficient (Wildman–Crippen LogP) is 3.37. The van der Waals surface area contributed by atoms with Gasteiger partial charge in [-0.2, -0.15) is 10.2 Å². The van der Waals surface area contributed by atoms with Gasteiger partial charge in [-0.25, -0.2) is 9.97 Å². The number of nitrogens with one attached hydrogen (secondary N) is 1. The van der Waals surface area contributed by atoms with Crippen LogP contribution in [0.15, 0.2) is 42.9 Å². The topological polar surface area (TPSA) is 88.8 Å². The average molecular weight is 438 g/mol. The molecule has 0 aromatic carbocycles. The molecule has 0 spiro atoms. The normalized spacial score (nSPS) is 24.5. The lowest BCUT2D eigenvalue weighted by molar-refractivity contribution is -0.0505. The van der Waals surface area contributed by atoms with Gasteiger partial charge in [0.2, 0.25) is 0 Å². The van der Waals surface area contributed by atoms with E-state index in [-0.39, 0.29) is 18.0 Å². The summed E-state index contributed by atoms with van der Waals surface area (Å²) in [6.45, 7) is 4.75. The van der Waals surface area contributed by atoms with Gasteiger partial charge in [0, 0.05) is 24.5 Å². The molecule has 8 nitrogen and oxygen atoms in total. The van der Waals surface area contributed by atoms with Gasteiger partial charge in [-0.05, 0) is 55.9 Å². The molecule has 2 aliphatic heterocycles. The maximum Gasteiger partial charge on any atom is 0.275 e. The van der Waals surface area contributed by atoms with Crippen molar-refractivity contribution < 1.29 is 4.79 Å². The van der Waals surface area contributed by atoms with E-state index < -0.39 is 0 Å². The minimum absolute atomic E-state index is 0.0446. The number of carbonyl (C=O) groups is 1. The molecular weight excluding hydrogens is 414 g/mol. The van der Waals surface area contributed by atoms with E-state index in [4.69, 9.17) is 11.6 Å². The Hall–Kier alpha value is -3.00. The third kappa shape index (κ3) is 3.65. The fourth-order valence-electron chi connectivity index (χ4n) is 4.75. The number of pyridine rings is 2. The van der Waals surface area contributed by atoms with E-state index in [0.717, 1.165) is 24.4 Å². The molecule has 6 rings (SSSR count). The van der Waals surface area contributed by atoms with Crippen molar-refractivity contribution in [1.29, 1.82) is 0 Å². The van der Waals surface area contributed by atoms with E-state index in [1.165, 1.54) is 4.80 Å². The predicted molar refractivity (Wildman–Crippen MR) is 117 cm³/mol. The lowest BCUT2D eigenvalue weighted by atomic mass is 9.64. The first-order chi connectivity index (χ1) is 15.0. The van der Waals surface area contributed by atoms with Crippen molar-refractivity contribution in [2.24, 2.45) is 11.8 Å². The summed E-state index contributed by atoms with van der Waals surface area (Å²) in [6.07, 6.45) is 6.90. The molecule has 3 fully saturated rings. The summed E-state index contributed by atoms with van der Waals surface area (Å²) >= 11 is 5.95. The lowest BCUT2D eigenvalue weighted by Gasteiger charge is -2.57. The molecule has 0 radical (unpaired) electrons. The van der Waals surface area contributed by atoms with Crippen molar-refractivity contribution in [3.05, 3.63) is 59.3 Å². The van der Waals surface area contributed by atoms with E-state index in [1.807, 2.05) is 36.1 Å². The first kappa shape index (κ1) is 19.9. The number of aryl methyl sites for hydroxylation is 1. The highest BCUT2D eigenvalue weighted by molar-refractivity contribution is 6.30. The number of piperidine rings is 2. The minimum Gasteiger partial charge on any atom is -0.368 e. The van der Waals surface area contributed by atoms with Gasteiger partial charge in [0.15, 0.2) is 5.69 Å². The zero-order valence-electron chi connectivity index (χ0n) is 17.4. The van der Waals surface area contributed by atoms with Crippen molar-refractivity contribution in [1.82, 2.24) is 29.9 Å². The number of rotatable bonds is 5. The molecule has 3 aromatic rings. The molecule has 2 saturated heterocycles. The number of fused-ring (bicyclic) bond motifs is 2. The van der Waals surface area contributed by atoms with Gasteiger partial charge in [-0.3, -0.25) is 4.79 Å². The van der Waals surface area contributed by atoms with Crippen LogP contribution in [-0.4, -0.2) is 54.4 Å². The van der Waals surface area contributed by atoms with E-state index in [9.17, 15) is 4.79 Å². The summed E-state index contributed by atoms with van der Waals surface area (Å²) in [5.74, 6) is 1.71. The van der Waals surface area contributed by atoms with Crippen LogP contribution in [0.2, 0.25) is 5.02 Å². The van der Waals surface area contributed by atoms with Crippen LogP contribution in [0.4, 0.5) is 5.82 Å². The molecule has 9 heteroatoms. The first-order valence-electron chi connectivity index (χ1n) is 10.5. The Kier molecular flexibility index (Phi) is 5.09. The number of hydrogen-bond donors (Lipinski definition) is 1. The maximum atomic E-state index is 13.8. The molecule has 1 N–H and O–H groups in total. The van der Waals surface area contributed by atoms with Gasteiger partial charge in [0.1, 0.15) is 11.5 Å². The lowest BCUT2D eigenvalue weighted by Crippen LogP contribution is -2.64. The zero-order chi connectivity index (χ0) is 21.5. The van der Waals surface area contributed by atoms with E-state index in [0.29, 0.717) is 34.8 Å². The number of hydrogen-bond acceptors (Lipinski definition) is 6. The number of anilines is 1. The fraction of sp³-hybridized carbons (Fsp3) is 0.409. The van der Waals surface area contributed by atoms with Crippen molar-refractivity contribution in [2.45, 2.75) is 38.8 Å². The van der Waals surface area contributed by atoms with Crippen molar-refractivity contribution in [3.63, 3.8) is 0 Å². The SMILES string of the molecule is Cc1ccc(-n2nccn2)c(C(=O)N2C3CC(C3)[C@@H](C)[C@H]2CNc2ccc(Cl)cn2)n1. The average Bonchev–Trinajstić information content (AvgIpc) is 3.27. The molecule has 31 heavy (non-hydrogen) atoms. The Bertz CT molecular complexity index is 1080. The number of amides is 1. The third-order valence-electron chi connectivity index (χ3n) is 6.56. The molecular formula is C22H24ClN7O. The van der Waals surface area contributed by atoms with Gasteiger partial charge in [-0.15, -0.1) is 4.80 Å². The minimum atomic E-state index is -0.0677. The Balaban J connectivity index is 1.45. The largest absolute Gasteiger partial charge is 0.368 e. The number of aromatic nitrogens is 5. The molecule has 1 aliphatic carbocycles. The van der Waals surface area contributed by atoms with Crippen LogP contribution in [0.3, 0.4) is 0 Å². The summed E-state index contributed by atoms with van der Waals surface area (Å²) in [5, 5.41) is 12.4. The van der Waals surface area contributed by atoms with Gasteiger partial charge in [-0.1, -0.05) is 18.5 Å². The second-order valence-corrected chi connectivity index (χ2v) is 8.84. The van der Waals surface area contributed by atoms with Crippen LogP contribution in [-0.2, 0) is 0 Å². The van der Waals surface area contributed by atoms with E-state index >= 15 is 0 Å². The highest BCUT2D eigenvalue weighted by atomic mass is 35.5. The Labute approximate surface area is 185 Å². The molecule has 5 heterocycles. The second-order valence-electron chi connectivity index (χ2n) is 8.41. The van der Waals surface area contributed by atoms with Crippen LogP contribution >= 0.6 is 11.6 Å². The van der Waals surface area contributed by atoms with Crippen molar-refractivity contribution in [3.8, 4) is 5.69 Å². The number of nitrogens with zero attached hydrogens (tertiary/aromatic N) is 6. The molecule has 160 valence electrons. The van der Waals surface area contributed by atoms with Crippen molar-refractivity contribution >= 4 is 23.3 Å². The quantitative estimate of drug-likeness (QED) is 0.658. The van der Waals surface area contributed by atoms with Crippen LogP contribution in [0.5, 0.6) is 0 Å². The molecule has 2 bridgehead atoms. The smallest absolute Gasteiger partial charge is 0.275 e. The third-order valence-corrected chi connectivity index (χ3v) is 6.78. The van der Waals surface area contributed by atoms with Gasteiger partial charge in [0.25, 0.3) is 5.91 Å². The molecule has 3 aromatic heterocycles. The fourth-order valence-corrected chi connectivity index (χ4v) is 4.86. The summed E-state index contributed by atoms with van der Waals surface area (Å²) in [5.41, 5.74) is 1.78. The Morgan fingerprint density at radius 3 is 2.68 bits per heavy atom. The first-order valence-corrected chi connectivity index (χ1v) is 10.9. The molecule has 1 amide bonds. The number of halogens is 1. The molecule has 3 aliphatic rings. The van der Waals surface area contributed by atoms with Crippen molar-refractivity contribution in [2.75, 3.05) is 11.9 Å². The van der Waals surface area contributed by atoms with E-state index in [2.05, 4.69) is 32.4 Å². The molecule has 0 unspecified atom stereocenters. The van der Waals surface area contributed by atoms with Crippen LogP contribution in [0.25, 0.3) is 5.69 Å². The molecule has 1 saturated carbocycles. The maximum absolute atomic E-state index is 13.8. The van der Waals surface area contributed by atoms with Gasteiger partial charge < -0.3 is 10.2 Å².